The van der Waals surface area contributed by atoms with E-state index in [1.807, 2.05) is 0 Å². The van der Waals surface area contributed by atoms with Crippen molar-refractivity contribution in [2.24, 2.45) is 53.3 Å². The zero-order chi connectivity index (χ0) is 27.7. The summed E-state index contributed by atoms with van der Waals surface area (Å²) in [5.41, 5.74) is 0. The summed E-state index contributed by atoms with van der Waals surface area (Å²) in [6.45, 7) is 11.6. The lowest BCUT2D eigenvalue weighted by molar-refractivity contribution is -0.147. The highest BCUT2D eigenvalue weighted by molar-refractivity contribution is 5.68. The number of carboxylic acid groups (broad SMARTS) is 1. The first-order chi connectivity index (χ1) is 18.7. The van der Waals surface area contributed by atoms with E-state index in [0.29, 0.717) is 41.7 Å². The second-order valence-electron chi connectivity index (χ2n) is 14.9. The topological polar surface area (TPSA) is 82.0 Å². The van der Waals surface area contributed by atoms with Crippen molar-refractivity contribution in [2.45, 2.75) is 129 Å². The van der Waals surface area contributed by atoms with E-state index >= 15 is 0 Å². The van der Waals surface area contributed by atoms with Crippen LogP contribution in [0.4, 0.5) is 0 Å². The molecule has 5 fully saturated rings. The molecular weight excluding hydrogens is 488 g/mol. The maximum atomic E-state index is 11.2. The molecule has 0 radical (unpaired) electrons. The lowest BCUT2D eigenvalue weighted by Gasteiger charge is -2.42. The number of nitrogens with one attached hydrogen (secondary N) is 1. The molecule has 0 bridgehead atoms. The molecule has 0 aromatic carbocycles. The number of rotatable bonds is 11. The number of aliphatic carboxylic acids is 1. The Kier molecular flexibility index (Phi) is 10.00. The molecule has 1 saturated heterocycles. The lowest BCUT2D eigenvalue weighted by atomic mass is 9.73. The standard InChI is InChI=1S/C33H58N2O4/c1-20(2)26-7-5-6-23(14-26)17-34-33(38)27-11-13-30-29(16-27)21(3)22(4)35(30)18-24-8-12-28(25-9-10-25)31(15-24)39-19-32(36)37/h20-31,33-34,38H,5-19H2,1-4H3,(H,36,37). The third-order valence-electron chi connectivity index (χ3n) is 12.2. The minimum absolute atomic E-state index is 0.121. The maximum absolute atomic E-state index is 11.2. The predicted molar refractivity (Wildman–Crippen MR) is 155 cm³/mol. The number of aliphatic hydroxyl groups excluding tert-OH is 1. The summed E-state index contributed by atoms with van der Waals surface area (Å²) in [4.78, 5) is 14.0. The number of fused-ring (bicyclic) bond motifs is 1. The van der Waals surface area contributed by atoms with E-state index in [1.165, 1.54) is 57.8 Å². The van der Waals surface area contributed by atoms with Crippen LogP contribution in [0.2, 0.25) is 0 Å². The summed E-state index contributed by atoms with van der Waals surface area (Å²) in [5, 5.41) is 24.0. The molecule has 11 unspecified atom stereocenters. The number of nitrogens with zero attached hydrogens (tertiary/aromatic N) is 1. The smallest absolute Gasteiger partial charge is 0.329 e. The molecule has 5 rings (SSSR count). The number of hydrogen-bond donors (Lipinski definition) is 3. The first kappa shape index (κ1) is 29.8. The molecule has 224 valence electrons. The van der Waals surface area contributed by atoms with Gasteiger partial charge in [-0.05, 0) is 124 Å². The van der Waals surface area contributed by atoms with Crippen molar-refractivity contribution >= 4 is 5.97 Å². The van der Waals surface area contributed by atoms with Gasteiger partial charge in [0.05, 0.1) is 6.10 Å². The fourth-order valence-corrected chi connectivity index (χ4v) is 9.46. The molecule has 3 N–H and O–H groups in total. The van der Waals surface area contributed by atoms with Crippen molar-refractivity contribution in [3.63, 3.8) is 0 Å². The Morgan fingerprint density at radius 3 is 2.44 bits per heavy atom. The van der Waals surface area contributed by atoms with Gasteiger partial charge in [0.15, 0.2) is 0 Å². The van der Waals surface area contributed by atoms with Crippen molar-refractivity contribution in [2.75, 3.05) is 19.7 Å². The van der Waals surface area contributed by atoms with Gasteiger partial charge in [0.1, 0.15) is 12.8 Å². The summed E-state index contributed by atoms with van der Waals surface area (Å²) in [6, 6.07) is 1.20. The van der Waals surface area contributed by atoms with E-state index in [2.05, 4.69) is 37.9 Å². The molecule has 11 atom stereocenters. The second kappa shape index (κ2) is 13.1. The van der Waals surface area contributed by atoms with Gasteiger partial charge < -0.3 is 14.9 Å². The van der Waals surface area contributed by atoms with Crippen LogP contribution in [0, 0.1) is 53.3 Å². The molecule has 6 nitrogen and oxygen atoms in total. The molecule has 0 aromatic heterocycles. The molecule has 6 heteroatoms. The van der Waals surface area contributed by atoms with Gasteiger partial charge in [0.25, 0.3) is 0 Å². The zero-order valence-corrected chi connectivity index (χ0v) is 25.3. The predicted octanol–water partition coefficient (Wildman–Crippen LogP) is 5.78. The van der Waals surface area contributed by atoms with E-state index in [4.69, 9.17) is 4.74 Å². The Morgan fingerprint density at radius 2 is 1.72 bits per heavy atom. The number of likely N-dealkylation sites (tertiary alicyclic amines) is 1. The van der Waals surface area contributed by atoms with Crippen LogP contribution in [-0.4, -0.2) is 65.2 Å². The van der Waals surface area contributed by atoms with Crippen LogP contribution in [0.1, 0.15) is 105 Å². The van der Waals surface area contributed by atoms with Crippen LogP contribution in [0.3, 0.4) is 0 Å². The average molecular weight is 547 g/mol. The highest BCUT2D eigenvalue weighted by Gasteiger charge is 2.49. The molecule has 0 spiro atoms. The normalized spacial score (nSPS) is 42.4. The van der Waals surface area contributed by atoms with Crippen molar-refractivity contribution in [1.82, 2.24) is 10.2 Å². The van der Waals surface area contributed by atoms with Crippen molar-refractivity contribution in [3.8, 4) is 0 Å². The fraction of sp³-hybridized carbons (Fsp3) is 0.970. The monoisotopic (exact) mass is 546 g/mol. The minimum atomic E-state index is -0.844. The van der Waals surface area contributed by atoms with Gasteiger partial charge in [-0.1, -0.05) is 33.6 Å². The first-order valence-electron chi connectivity index (χ1n) is 16.7. The van der Waals surface area contributed by atoms with Crippen LogP contribution in [0.5, 0.6) is 0 Å². The van der Waals surface area contributed by atoms with Gasteiger partial charge >= 0.3 is 5.97 Å². The molecule has 4 saturated carbocycles. The van der Waals surface area contributed by atoms with E-state index in [1.54, 1.807) is 0 Å². The van der Waals surface area contributed by atoms with Gasteiger partial charge in [-0.15, -0.1) is 0 Å². The fourth-order valence-electron chi connectivity index (χ4n) is 9.46. The highest BCUT2D eigenvalue weighted by atomic mass is 16.5. The Morgan fingerprint density at radius 1 is 0.923 bits per heavy atom. The molecule has 4 aliphatic carbocycles. The van der Waals surface area contributed by atoms with Crippen LogP contribution in [-0.2, 0) is 9.53 Å². The molecule has 5 aliphatic rings. The Labute approximate surface area is 238 Å². The van der Waals surface area contributed by atoms with Gasteiger partial charge in [0, 0.05) is 25.2 Å². The van der Waals surface area contributed by atoms with Gasteiger partial charge in [0.2, 0.25) is 0 Å². The summed E-state index contributed by atoms with van der Waals surface area (Å²) in [7, 11) is 0. The third kappa shape index (κ3) is 7.21. The van der Waals surface area contributed by atoms with Gasteiger partial charge in [-0.2, -0.15) is 0 Å². The van der Waals surface area contributed by atoms with Crippen LogP contribution < -0.4 is 5.32 Å². The quantitative estimate of drug-likeness (QED) is 0.285. The highest BCUT2D eigenvalue weighted by Crippen LogP contribution is 2.49. The Bertz CT molecular complexity index is 803. The van der Waals surface area contributed by atoms with E-state index in [0.717, 1.165) is 56.0 Å². The number of aliphatic hydroxyl groups is 1. The zero-order valence-electron chi connectivity index (χ0n) is 25.3. The van der Waals surface area contributed by atoms with Crippen LogP contribution in [0.15, 0.2) is 0 Å². The van der Waals surface area contributed by atoms with Crippen molar-refractivity contribution < 1.29 is 19.7 Å². The molecule has 1 heterocycles. The second-order valence-corrected chi connectivity index (χ2v) is 14.9. The van der Waals surface area contributed by atoms with Crippen molar-refractivity contribution in [1.29, 1.82) is 0 Å². The molecule has 0 amide bonds. The lowest BCUT2D eigenvalue weighted by Crippen LogP contribution is -2.47. The summed E-state index contributed by atoms with van der Waals surface area (Å²) in [5.74, 6) is 5.12. The first-order valence-corrected chi connectivity index (χ1v) is 16.7. The van der Waals surface area contributed by atoms with Crippen molar-refractivity contribution in [3.05, 3.63) is 0 Å². The van der Waals surface area contributed by atoms with Gasteiger partial charge in [-0.25, -0.2) is 4.79 Å². The Balaban J connectivity index is 1.12. The van der Waals surface area contributed by atoms with Crippen LogP contribution >= 0.6 is 0 Å². The molecule has 39 heavy (non-hydrogen) atoms. The SMILES string of the molecule is CC(C)C1CCCC(CNC(O)C2CCC3C(C2)C(C)C(C)N3CC2CCC(C3CC3)C(OCC(=O)O)C2)C1. The van der Waals surface area contributed by atoms with E-state index in [9.17, 15) is 15.0 Å². The number of ether oxygens (including phenoxy) is 1. The number of carbonyl (C=O) groups is 1. The van der Waals surface area contributed by atoms with E-state index < -0.39 is 5.97 Å². The summed E-state index contributed by atoms with van der Waals surface area (Å²) in [6.07, 6.45) is 14.6. The average Bonchev–Trinajstić information content (AvgIpc) is 3.75. The largest absolute Gasteiger partial charge is 0.480 e. The van der Waals surface area contributed by atoms with E-state index in [-0.39, 0.29) is 18.9 Å². The maximum Gasteiger partial charge on any atom is 0.329 e. The number of carboxylic acids is 1. The minimum Gasteiger partial charge on any atom is -0.480 e. The summed E-state index contributed by atoms with van der Waals surface area (Å²) >= 11 is 0. The molecule has 0 aromatic rings. The van der Waals surface area contributed by atoms with Gasteiger partial charge in [-0.3, -0.25) is 10.2 Å². The molecular formula is C33H58N2O4. The summed E-state index contributed by atoms with van der Waals surface area (Å²) < 4.78 is 5.98. The molecule has 1 aliphatic heterocycles. The Hall–Kier alpha value is -0.690. The number of hydrogen-bond acceptors (Lipinski definition) is 5. The van der Waals surface area contributed by atoms with Crippen LogP contribution in [0.25, 0.3) is 0 Å². The third-order valence-corrected chi connectivity index (χ3v) is 12.2.